The number of carbonyl (C=O) groups excluding carboxylic acids is 1. The number of hydrogen-bond donors (Lipinski definition) is 1. The molecule has 0 saturated heterocycles. The Bertz CT molecular complexity index is 481. The van der Waals surface area contributed by atoms with Crippen molar-refractivity contribution in [3.63, 3.8) is 0 Å². The highest BCUT2D eigenvalue weighted by atomic mass is 35.5. The predicted molar refractivity (Wildman–Crippen MR) is 87.7 cm³/mol. The Morgan fingerprint density at radius 2 is 1.81 bits per heavy atom. The third-order valence-corrected chi connectivity index (χ3v) is 3.68. The molecule has 0 aromatic heterocycles. The van der Waals surface area contributed by atoms with Gasteiger partial charge in [0.05, 0.1) is 10.6 Å². The SMILES string of the molecule is CC(C)N(C(C)C)C(C)COC(=O)c1ccc(N)cc1Cl. The number of benzene rings is 1. The topological polar surface area (TPSA) is 55.6 Å². The van der Waals surface area contributed by atoms with Crippen LogP contribution in [0.3, 0.4) is 0 Å². The summed E-state index contributed by atoms with van der Waals surface area (Å²) in [6, 6.07) is 5.70. The second-order valence-corrected chi connectivity index (χ2v) is 6.23. The average molecular weight is 313 g/mol. The van der Waals surface area contributed by atoms with Crippen LogP contribution in [-0.4, -0.2) is 35.6 Å². The number of nitrogens with two attached hydrogens (primary N) is 1. The van der Waals surface area contributed by atoms with Gasteiger partial charge in [0.1, 0.15) is 6.61 Å². The molecule has 1 atom stereocenters. The highest BCUT2D eigenvalue weighted by molar-refractivity contribution is 6.33. The number of nitrogen functional groups attached to an aromatic ring is 1. The molecule has 0 fully saturated rings. The fourth-order valence-electron chi connectivity index (χ4n) is 2.67. The van der Waals surface area contributed by atoms with Crippen LogP contribution in [0.1, 0.15) is 45.0 Å². The van der Waals surface area contributed by atoms with Gasteiger partial charge in [-0.15, -0.1) is 0 Å². The third-order valence-electron chi connectivity index (χ3n) is 3.37. The molecule has 1 aromatic rings. The summed E-state index contributed by atoms with van der Waals surface area (Å²) in [6.07, 6.45) is 0. The summed E-state index contributed by atoms with van der Waals surface area (Å²) in [6.45, 7) is 10.9. The highest BCUT2D eigenvalue weighted by Crippen LogP contribution is 2.20. The first-order valence-corrected chi connectivity index (χ1v) is 7.61. The van der Waals surface area contributed by atoms with Crippen LogP contribution in [0.5, 0.6) is 0 Å². The summed E-state index contributed by atoms with van der Waals surface area (Å²) in [4.78, 5) is 14.4. The minimum Gasteiger partial charge on any atom is -0.460 e. The van der Waals surface area contributed by atoms with Crippen molar-refractivity contribution in [2.45, 2.75) is 52.7 Å². The summed E-state index contributed by atoms with van der Waals surface area (Å²) in [5.74, 6) is -0.417. The Kier molecular flexibility index (Phi) is 6.49. The van der Waals surface area contributed by atoms with E-state index in [2.05, 4.69) is 39.5 Å². The number of esters is 1. The summed E-state index contributed by atoms with van der Waals surface area (Å²) < 4.78 is 5.39. The van der Waals surface area contributed by atoms with Gasteiger partial charge < -0.3 is 10.5 Å². The minimum atomic E-state index is -0.417. The molecule has 0 radical (unpaired) electrons. The lowest BCUT2D eigenvalue weighted by Gasteiger charge is -2.35. The maximum absolute atomic E-state index is 12.1. The van der Waals surface area contributed by atoms with Crippen LogP contribution in [-0.2, 0) is 4.74 Å². The zero-order chi connectivity index (χ0) is 16.2. The van der Waals surface area contributed by atoms with E-state index < -0.39 is 5.97 Å². The fourth-order valence-corrected chi connectivity index (χ4v) is 2.94. The van der Waals surface area contributed by atoms with Crippen molar-refractivity contribution < 1.29 is 9.53 Å². The second-order valence-electron chi connectivity index (χ2n) is 5.82. The number of hydrogen-bond acceptors (Lipinski definition) is 4. The lowest BCUT2D eigenvalue weighted by atomic mass is 10.1. The summed E-state index contributed by atoms with van der Waals surface area (Å²) in [5.41, 5.74) is 6.48. The zero-order valence-corrected chi connectivity index (χ0v) is 14.1. The Balaban J connectivity index is 2.67. The molecule has 0 aliphatic carbocycles. The standard InChI is InChI=1S/C16H25ClN2O2/c1-10(2)19(11(3)4)12(5)9-21-16(20)14-7-6-13(18)8-15(14)17/h6-8,10-12H,9,18H2,1-5H3. The van der Waals surface area contributed by atoms with E-state index in [1.165, 1.54) is 0 Å². The molecule has 0 amide bonds. The molecule has 5 heteroatoms. The number of rotatable bonds is 6. The molecule has 0 bridgehead atoms. The van der Waals surface area contributed by atoms with Crippen molar-refractivity contribution in [1.29, 1.82) is 0 Å². The summed E-state index contributed by atoms with van der Waals surface area (Å²) >= 11 is 6.01. The second kappa shape index (κ2) is 7.66. The molecule has 1 rings (SSSR count). The van der Waals surface area contributed by atoms with E-state index in [1.54, 1.807) is 18.2 Å². The first-order valence-electron chi connectivity index (χ1n) is 7.23. The van der Waals surface area contributed by atoms with Gasteiger partial charge in [0.15, 0.2) is 0 Å². The van der Waals surface area contributed by atoms with Gasteiger partial charge in [0.25, 0.3) is 0 Å². The molecule has 21 heavy (non-hydrogen) atoms. The predicted octanol–water partition coefficient (Wildman–Crippen LogP) is 3.59. The van der Waals surface area contributed by atoms with E-state index in [4.69, 9.17) is 22.1 Å². The Morgan fingerprint density at radius 3 is 2.29 bits per heavy atom. The minimum absolute atomic E-state index is 0.140. The van der Waals surface area contributed by atoms with Crippen molar-refractivity contribution in [2.75, 3.05) is 12.3 Å². The van der Waals surface area contributed by atoms with Crippen LogP contribution in [0, 0.1) is 0 Å². The maximum Gasteiger partial charge on any atom is 0.339 e. The number of anilines is 1. The van der Waals surface area contributed by atoms with Gasteiger partial charge >= 0.3 is 5.97 Å². The number of ether oxygens (including phenoxy) is 1. The van der Waals surface area contributed by atoms with E-state index in [9.17, 15) is 4.79 Å². The highest BCUT2D eigenvalue weighted by Gasteiger charge is 2.22. The maximum atomic E-state index is 12.1. The van der Waals surface area contributed by atoms with Crippen LogP contribution in [0.25, 0.3) is 0 Å². The smallest absolute Gasteiger partial charge is 0.339 e. The Hall–Kier alpha value is -1.26. The van der Waals surface area contributed by atoms with Crippen LogP contribution >= 0.6 is 11.6 Å². The van der Waals surface area contributed by atoms with E-state index in [0.29, 0.717) is 35.0 Å². The largest absolute Gasteiger partial charge is 0.460 e. The van der Waals surface area contributed by atoms with Crippen molar-refractivity contribution in [1.82, 2.24) is 4.90 Å². The van der Waals surface area contributed by atoms with Crippen molar-refractivity contribution in [2.24, 2.45) is 0 Å². The fraction of sp³-hybridized carbons (Fsp3) is 0.562. The normalized spacial score (nSPS) is 13.0. The van der Waals surface area contributed by atoms with Crippen molar-refractivity contribution in [3.05, 3.63) is 28.8 Å². The summed E-state index contributed by atoms with van der Waals surface area (Å²) in [5, 5.41) is 0.317. The molecular formula is C16H25ClN2O2. The number of halogens is 1. The van der Waals surface area contributed by atoms with E-state index in [-0.39, 0.29) is 6.04 Å². The Labute approximate surface area is 132 Å². The lowest BCUT2D eigenvalue weighted by molar-refractivity contribution is 0.0262. The van der Waals surface area contributed by atoms with Gasteiger partial charge in [-0.3, -0.25) is 4.90 Å². The van der Waals surface area contributed by atoms with Crippen LogP contribution in [0.4, 0.5) is 5.69 Å². The van der Waals surface area contributed by atoms with Crippen LogP contribution in [0.15, 0.2) is 18.2 Å². The number of carbonyl (C=O) groups is 1. The lowest BCUT2D eigenvalue weighted by Crippen LogP contribution is -2.46. The molecule has 1 unspecified atom stereocenters. The van der Waals surface area contributed by atoms with Crippen LogP contribution < -0.4 is 5.73 Å². The molecular weight excluding hydrogens is 288 g/mol. The van der Waals surface area contributed by atoms with Gasteiger partial charge in [-0.1, -0.05) is 11.6 Å². The van der Waals surface area contributed by atoms with Gasteiger partial charge in [-0.2, -0.15) is 0 Å². The van der Waals surface area contributed by atoms with Crippen LogP contribution in [0.2, 0.25) is 5.02 Å². The monoisotopic (exact) mass is 312 g/mol. The van der Waals surface area contributed by atoms with Gasteiger partial charge in [0, 0.05) is 23.8 Å². The van der Waals surface area contributed by atoms with Crippen molar-refractivity contribution >= 4 is 23.3 Å². The first kappa shape index (κ1) is 17.8. The van der Waals surface area contributed by atoms with Crippen molar-refractivity contribution in [3.8, 4) is 0 Å². The molecule has 0 heterocycles. The molecule has 0 saturated carbocycles. The van der Waals surface area contributed by atoms with Gasteiger partial charge in [-0.05, 0) is 52.8 Å². The molecule has 2 N–H and O–H groups in total. The van der Waals surface area contributed by atoms with Gasteiger partial charge in [-0.25, -0.2) is 4.79 Å². The van der Waals surface area contributed by atoms with E-state index >= 15 is 0 Å². The molecule has 118 valence electrons. The van der Waals surface area contributed by atoms with E-state index in [0.717, 1.165) is 0 Å². The molecule has 0 aliphatic rings. The number of nitrogens with zero attached hydrogens (tertiary/aromatic N) is 1. The third kappa shape index (κ3) is 4.90. The first-order chi connectivity index (χ1) is 9.73. The summed E-state index contributed by atoms with van der Waals surface area (Å²) in [7, 11) is 0. The van der Waals surface area contributed by atoms with Gasteiger partial charge in [0.2, 0.25) is 0 Å². The quantitative estimate of drug-likeness (QED) is 0.644. The molecule has 0 spiro atoms. The Morgan fingerprint density at radius 1 is 1.24 bits per heavy atom. The molecule has 0 aliphatic heterocycles. The zero-order valence-electron chi connectivity index (χ0n) is 13.4. The average Bonchev–Trinajstić information content (AvgIpc) is 2.35. The van der Waals surface area contributed by atoms with E-state index in [1.807, 2.05) is 0 Å². The molecule has 4 nitrogen and oxygen atoms in total. The molecule has 1 aromatic carbocycles.